The summed E-state index contributed by atoms with van der Waals surface area (Å²) in [6.45, 7) is 1.98. The topological polar surface area (TPSA) is 84.9 Å². The number of hydrogen-bond acceptors (Lipinski definition) is 6. The number of phenolic OH excluding ortho intramolecular Hbond substituents is 1. The Morgan fingerprint density at radius 1 is 1.00 bits per heavy atom. The van der Waals surface area contributed by atoms with Crippen LogP contribution in [0.1, 0.15) is 21.5 Å². The maximum absolute atomic E-state index is 12.4. The van der Waals surface area contributed by atoms with Gasteiger partial charge in [-0.1, -0.05) is 29.3 Å². The molecule has 0 fully saturated rings. The van der Waals surface area contributed by atoms with Crippen LogP contribution in [0.3, 0.4) is 0 Å². The van der Waals surface area contributed by atoms with Gasteiger partial charge in [0.1, 0.15) is 17.0 Å². The van der Waals surface area contributed by atoms with Crippen LogP contribution in [0.4, 0.5) is 5.69 Å². The molecule has 0 bridgehead atoms. The zero-order valence-electron chi connectivity index (χ0n) is 18.9. The van der Waals surface area contributed by atoms with Crippen LogP contribution in [0.5, 0.6) is 11.5 Å². The van der Waals surface area contributed by atoms with E-state index in [1.165, 1.54) is 12.1 Å². The van der Waals surface area contributed by atoms with Crippen LogP contribution < -0.4 is 4.74 Å². The van der Waals surface area contributed by atoms with Crippen molar-refractivity contribution in [1.29, 1.82) is 0 Å². The molecule has 36 heavy (non-hydrogen) atoms. The fourth-order valence-corrected chi connectivity index (χ4v) is 4.00. The average molecular weight is 517 g/mol. The number of phenols is 1. The van der Waals surface area contributed by atoms with Gasteiger partial charge in [0.05, 0.1) is 21.8 Å². The van der Waals surface area contributed by atoms with Crippen LogP contribution in [-0.2, 0) is 0 Å². The summed E-state index contributed by atoms with van der Waals surface area (Å²) < 4.78 is 11.2. The van der Waals surface area contributed by atoms with E-state index in [0.29, 0.717) is 33.5 Å². The number of carbonyl (C=O) groups is 1. The molecule has 5 rings (SSSR count). The molecular weight excluding hydrogens is 499 g/mol. The van der Waals surface area contributed by atoms with E-state index in [4.69, 9.17) is 32.4 Å². The first-order valence-corrected chi connectivity index (χ1v) is 11.6. The quantitative estimate of drug-likeness (QED) is 0.146. The van der Waals surface area contributed by atoms with Crippen LogP contribution in [0.15, 0.2) is 88.3 Å². The maximum Gasteiger partial charge on any atom is 0.345 e. The number of rotatable bonds is 5. The number of aromatic nitrogens is 1. The number of aryl methyl sites for hydroxylation is 1. The van der Waals surface area contributed by atoms with Crippen LogP contribution in [0, 0.1) is 6.92 Å². The summed E-state index contributed by atoms with van der Waals surface area (Å²) in [5, 5.41) is 11.0. The van der Waals surface area contributed by atoms with Crippen molar-refractivity contribution >= 4 is 52.2 Å². The van der Waals surface area contributed by atoms with Crippen LogP contribution in [0.25, 0.3) is 22.6 Å². The second-order valence-corrected chi connectivity index (χ2v) is 8.88. The minimum atomic E-state index is -0.580. The standard InChI is InChI=1S/C28H18Cl2N2O4/c1-16-2-11-26-24(12-16)32-27(36-26)22-14-19(6-10-25(22)33)31-15-17-3-7-20(8-4-17)35-28(34)21-9-5-18(29)13-23(21)30/h2-15,33H,1H3. The monoisotopic (exact) mass is 516 g/mol. The van der Waals surface area contributed by atoms with Gasteiger partial charge in [0.15, 0.2) is 5.58 Å². The van der Waals surface area contributed by atoms with Crippen molar-refractivity contribution < 1.29 is 19.1 Å². The molecule has 0 spiro atoms. The van der Waals surface area contributed by atoms with Crippen molar-refractivity contribution in [3.8, 4) is 23.0 Å². The summed E-state index contributed by atoms with van der Waals surface area (Å²) in [4.78, 5) is 21.4. The first-order chi connectivity index (χ1) is 17.4. The number of aliphatic imine (C=N–C) groups is 1. The molecule has 0 unspecified atom stereocenters. The lowest BCUT2D eigenvalue weighted by atomic mass is 10.1. The van der Waals surface area contributed by atoms with Gasteiger partial charge in [-0.15, -0.1) is 0 Å². The Bertz CT molecular complexity index is 1630. The van der Waals surface area contributed by atoms with Gasteiger partial charge in [0, 0.05) is 11.2 Å². The summed E-state index contributed by atoms with van der Waals surface area (Å²) in [5.74, 6) is 0.145. The Morgan fingerprint density at radius 2 is 1.81 bits per heavy atom. The van der Waals surface area contributed by atoms with Gasteiger partial charge in [-0.05, 0) is 90.8 Å². The van der Waals surface area contributed by atoms with Crippen molar-refractivity contribution in [2.45, 2.75) is 6.92 Å². The van der Waals surface area contributed by atoms with Gasteiger partial charge in [-0.25, -0.2) is 9.78 Å². The smallest absolute Gasteiger partial charge is 0.345 e. The fraction of sp³-hybridized carbons (Fsp3) is 0.0357. The van der Waals surface area contributed by atoms with Gasteiger partial charge in [0.25, 0.3) is 0 Å². The van der Waals surface area contributed by atoms with E-state index >= 15 is 0 Å². The van der Waals surface area contributed by atoms with Crippen LogP contribution >= 0.6 is 23.2 Å². The summed E-state index contributed by atoms with van der Waals surface area (Å²) in [6, 6.07) is 22.1. The predicted molar refractivity (Wildman–Crippen MR) is 141 cm³/mol. The SMILES string of the molecule is Cc1ccc2oc(-c3cc(N=Cc4ccc(OC(=O)c5ccc(Cl)cc5Cl)cc4)ccc3O)nc2c1. The molecule has 1 heterocycles. The molecule has 0 amide bonds. The fourth-order valence-electron chi connectivity index (χ4n) is 3.52. The molecule has 5 aromatic rings. The van der Waals surface area contributed by atoms with Crippen molar-refractivity contribution in [3.05, 3.63) is 106 Å². The minimum absolute atomic E-state index is 0.0455. The predicted octanol–water partition coefficient (Wildman–Crippen LogP) is 7.79. The third-order valence-corrected chi connectivity index (χ3v) is 5.91. The largest absolute Gasteiger partial charge is 0.507 e. The minimum Gasteiger partial charge on any atom is -0.507 e. The van der Waals surface area contributed by atoms with Gasteiger partial charge in [0.2, 0.25) is 5.89 Å². The number of nitrogens with zero attached hydrogens (tertiary/aromatic N) is 2. The van der Waals surface area contributed by atoms with E-state index in [1.807, 2.05) is 25.1 Å². The lowest BCUT2D eigenvalue weighted by molar-refractivity contribution is 0.0735. The number of benzene rings is 4. The Labute approximate surface area is 216 Å². The van der Waals surface area contributed by atoms with E-state index in [1.54, 1.807) is 54.7 Å². The Hall–Kier alpha value is -4.13. The number of hydrogen-bond donors (Lipinski definition) is 1. The molecule has 8 heteroatoms. The maximum atomic E-state index is 12.4. The highest BCUT2D eigenvalue weighted by molar-refractivity contribution is 6.36. The van der Waals surface area contributed by atoms with Crippen molar-refractivity contribution in [3.63, 3.8) is 0 Å². The molecule has 1 aromatic heterocycles. The van der Waals surface area contributed by atoms with E-state index < -0.39 is 5.97 Å². The van der Waals surface area contributed by atoms with Gasteiger partial charge >= 0.3 is 5.97 Å². The van der Waals surface area contributed by atoms with E-state index in [-0.39, 0.29) is 16.3 Å². The van der Waals surface area contributed by atoms with Crippen molar-refractivity contribution in [1.82, 2.24) is 4.98 Å². The second-order valence-electron chi connectivity index (χ2n) is 8.03. The number of oxazole rings is 1. The lowest BCUT2D eigenvalue weighted by Gasteiger charge is -2.06. The highest BCUT2D eigenvalue weighted by atomic mass is 35.5. The molecule has 0 aliphatic carbocycles. The summed E-state index contributed by atoms with van der Waals surface area (Å²) in [5.41, 5.74) is 4.49. The third kappa shape index (κ3) is 5.10. The molecular formula is C28H18Cl2N2O4. The van der Waals surface area contributed by atoms with E-state index in [9.17, 15) is 9.90 Å². The Balaban J connectivity index is 1.31. The lowest BCUT2D eigenvalue weighted by Crippen LogP contribution is -2.09. The molecule has 0 saturated heterocycles. The van der Waals surface area contributed by atoms with Gasteiger partial charge in [-0.3, -0.25) is 4.99 Å². The first-order valence-electron chi connectivity index (χ1n) is 10.9. The number of halogens is 2. The number of aromatic hydroxyl groups is 1. The molecule has 0 atom stereocenters. The highest BCUT2D eigenvalue weighted by Gasteiger charge is 2.14. The van der Waals surface area contributed by atoms with E-state index in [2.05, 4.69) is 9.98 Å². The van der Waals surface area contributed by atoms with E-state index in [0.717, 1.165) is 16.6 Å². The molecule has 0 saturated carbocycles. The zero-order valence-corrected chi connectivity index (χ0v) is 20.4. The first kappa shape index (κ1) is 23.6. The average Bonchev–Trinajstić information content (AvgIpc) is 3.27. The molecule has 0 aliphatic heterocycles. The van der Waals surface area contributed by atoms with Crippen LogP contribution in [0.2, 0.25) is 10.0 Å². The third-order valence-electron chi connectivity index (χ3n) is 5.36. The summed E-state index contributed by atoms with van der Waals surface area (Å²) >= 11 is 11.9. The van der Waals surface area contributed by atoms with Gasteiger partial charge < -0.3 is 14.3 Å². The Kier molecular flexibility index (Phi) is 6.46. The molecule has 178 valence electrons. The molecule has 4 aromatic carbocycles. The summed E-state index contributed by atoms with van der Waals surface area (Å²) in [6.07, 6.45) is 1.66. The second kappa shape index (κ2) is 9.85. The number of carbonyl (C=O) groups excluding carboxylic acids is 1. The Morgan fingerprint density at radius 3 is 2.58 bits per heavy atom. The zero-order chi connectivity index (χ0) is 25.2. The van der Waals surface area contributed by atoms with Crippen molar-refractivity contribution in [2.24, 2.45) is 4.99 Å². The molecule has 6 nitrogen and oxygen atoms in total. The number of esters is 1. The summed E-state index contributed by atoms with van der Waals surface area (Å²) in [7, 11) is 0. The number of fused-ring (bicyclic) bond motifs is 1. The normalized spacial score (nSPS) is 11.3. The number of ether oxygens (including phenoxy) is 1. The molecule has 0 radical (unpaired) electrons. The van der Waals surface area contributed by atoms with Crippen LogP contribution in [-0.4, -0.2) is 22.3 Å². The van der Waals surface area contributed by atoms with Gasteiger partial charge in [-0.2, -0.15) is 0 Å². The highest BCUT2D eigenvalue weighted by Crippen LogP contribution is 2.34. The van der Waals surface area contributed by atoms with Crippen molar-refractivity contribution in [2.75, 3.05) is 0 Å². The molecule has 1 N–H and O–H groups in total. The molecule has 0 aliphatic rings.